The molecule has 2 atom stereocenters. The first-order valence-corrected chi connectivity index (χ1v) is 10.3. The first-order valence-electron chi connectivity index (χ1n) is 10.3. The van der Waals surface area contributed by atoms with Crippen LogP contribution in [-0.4, -0.2) is 30.1 Å². The standard InChI is InChI=1S/C26H22N2O4/c1-27-16-22(21-14-8-9-15-24(21)31-17-19-10-4-2-5-11-19)25(29)28-23(18-32-26(28)30)20-12-6-3-7-13-20/h2-15,22-23H,16-18H2/t22-,23+/m1/s1. The van der Waals surface area contributed by atoms with Crippen LogP contribution in [0.25, 0.3) is 4.85 Å². The molecule has 0 radical (unpaired) electrons. The van der Waals surface area contributed by atoms with Gasteiger partial charge in [-0.2, -0.15) is 0 Å². The summed E-state index contributed by atoms with van der Waals surface area (Å²) in [4.78, 5) is 30.7. The molecular formula is C26H22N2O4. The average molecular weight is 426 g/mol. The van der Waals surface area contributed by atoms with Gasteiger partial charge in [0.1, 0.15) is 30.9 Å². The minimum Gasteiger partial charge on any atom is -0.489 e. The van der Waals surface area contributed by atoms with Crippen LogP contribution < -0.4 is 4.74 Å². The summed E-state index contributed by atoms with van der Waals surface area (Å²) in [6, 6.07) is 25.6. The van der Waals surface area contributed by atoms with E-state index in [0.717, 1.165) is 16.0 Å². The molecule has 1 saturated heterocycles. The van der Waals surface area contributed by atoms with Crippen molar-refractivity contribution in [3.8, 4) is 5.75 Å². The van der Waals surface area contributed by atoms with Crippen LogP contribution in [0.1, 0.15) is 28.7 Å². The lowest BCUT2D eigenvalue weighted by Crippen LogP contribution is -2.38. The second kappa shape index (κ2) is 9.80. The zero-order valence-electron chi connectivity index (χ0n) is 17.4. The molecule has 0 aliphatic carbocycles. The van der Waals surface area contributed by atoms with Gasteiger partial charge in [0.15, 0.2) is 0 Å². The maximum absolute atomic E-state index is 13.6. The molecule has 0 aromatic heterocycles. The smallest absolute Gasteiger partial charge is 0.417 e. The molecule has 1 fully saturated rings. The Morgan fingerprint density at radius 3 is 2.41 bits per heavy atom. The van der Waals surface area contributed by atoms with Gasteiger partial charge >= 0.3 is 6.09 Å². The number of carbonyl (C=O) groups excluding carboxylic acids is 2. The minimum atomic E-state index is -0.851. The molecular weight excluding hydrogens is 404 g/mol. The van der Waals surface area contributed by atoms with Crippen molar-refractivity contribution in [3.05, 3.63) is 113 Å². The molecule has 6 nitrogen and oxygen atoms in total. The number of amides is 2. The van der Waals surface area contributed by atoms with Gasteiger partial charge < -0.3 is 14.3 Å². The van der Waals surface area contributed by atoms with Crippen molar-refractivity contribution < 1.29 is 19.1 Å². The molecule has 3 aromatic carbocycles. The van der Waals surface area contributed by atoms with Crippen LogP contribution >= 0.6 is 0 Å². The monoisotopic (exact) mass is 426 g/mol. The number of nitrogens with zero attached hydrogens (tertiary/aromatic N) is 2. The molecule has 1 aliphatic heterocycles. The molecule has 0 N–H and O–H groups in total. The zero-order chi connectivity index (χ0) is 22.3. The van der Waals surface area contributed by atoms with E-state index in [9.17, 15) is 9.59 Å². The Balaban J connectivity index is 1.63. The highest BCUT2D eigenvalue weighted by molar-refractivity contribution is 5.98. The van der Waals surface area contributed by atoms with E-state index < -0.39 is 24.0 Å². The number of ether oxygens (including phenoxy) is 2. The molecule has 160 valence electrons. The molecule has 0 spiro atoms. The lowest BCUT2D eigenvalue weighted by atomic mass is 9.95. The van der Waals surface area contributed by atoms with Gasteiger partial charge in [0.2, 0.25) is 12.5 Å². The van der Waals surface area contributed by atoms with Crippen molar-refractivity contribution >= 4 is 12.0 Å². The van der Waals surface area contributed by atoms with Crippen molar-refractivity contribution in [1.29, 1.82) is 0 Å². The van der Waals surface area contributed by atoms with Crippen molar-refractivity contribution in [2.24, 2.45) is 0 Å². The summed E-state index contributed by atoms with van der Waals surface area (Å²) in [5.41, 5.74) is 2.38. The lowest BCUT2D eigenvalue weighted by molar-refractivity contribution is -0.130. The van der Waals surface area contributed by atoms with Crippen LogP contribution in [-0.2, 0) is 16.1 Å². The quantitative estimate of drug-likeness (QED) is 0.500. The Labute approximate surface area is 186 Å². The van der Waals surface area contributed by atoms with Crippen LogP contribution in [0.2, 0.25) is 0 Å². The highest BCUT2D eigenvalue weighted by Gasteiger charge is 2.43. The number of carbonyl (C=O) groups is 2. The van der Waals surface area contributed by atoms with Gasteiger partial charge in [-0.1, -0.05) is 78.9 Å². The van der Waals surface area contributed by atoms with Crippen molar-refractivity contribution in [2.75, 3.05) is 13.2 Å². The van der Waals surface area contributed by atoms with Crippen LogP contribution in [0.4, 0.5) is 4.79 Å². The van der Waals surface area contributed by atoms with Crippen molar-refractivity contribution in [3.63, 3.8) is 0 Å². The second-order valence-corrected chi connectivity index (χ2v) is 7.42. The number of hydrogen-bond acceptors (Lipinski definition) is 4. The molecule has 6 heteroatoms. The van der Waals surface area contributed by atoms with Gasteiger partial charge in [-0.05, 0) is 17.2 Å². The van der Waals surface area contributed by atoms with Gasteiger partial charge in [-0.3, -0.25) is 4.79 Å². The highest BCUT2D eigenvalue weighted by atomic mass is 16.6. The second-order valence-electron chi connectivity index (χ2n) is 7.42. The number of para-hydroxylation sites is 1. The summed E-state index contributed by atoms with van der Waals surface area (Å²) in [5, 5.41) is 0. The first-order chi connectivity index (χ1) is 15.7. The van der Waals surface area contributed by atoms with Crippen LogP contribution in [0.15, 0.2) is 84.9 Å². The Bertz CT molecular complexity index is 1130. The average Bonchev–Trinajstić information content (AvgIpc) is 3.23. The summed E-state index contributed by atoms with van der Waals surface area (Å²) in [6.45, 7) is 7.73. The number of benzene rings is 3. The third kappa shape index (κ3) is 4.47. The first kappa shape index (κ1) is 21.1. The van der Waals surface area contributed by atoms with Gasteiger partial charge in [0.05, 0.1) is 0 Å². The Kier molecular flexibility index (Phi) is 6.47. The van der Waals surface area contributed by atoms with E-state index in [0.29, 0.717) is 17.9 Å². The third-order valence-corrected chi connectivity index (χ3v) is 5.40. The van der Waals surface area contributed by atoms with E-state index in [4.69, 9.17) is 16.0 Å². The van der Waals surface area contributed by atoms with Crippen LogP contribution in [0.5, 0.6) is 5.75 Å². The van der Waals surface area contributed by atoms with E-state index in [-0.39, 0.29) is 13.2 Å². The minimum absolute atomic E-state index is 0.0888. The molecule has 2 amide bonds. The molecule has 32 heavy (non-hydrogen) atoms. The molecule has 4 rings (SSSR count). The largest absolute Gasteiger partial charge is 0.489 e. The van der Waals surface area contributed by atoms with Gasteiger partial charge in [-0.15, -0.1) is 0 Å². The zero-order valence-corrected chi connectivity index (χ0v) is 17.4. The highest BCUT2D eigenvalue weighted by Crippen LogP contribution is 2.35. The summed E-state index contributed by atoms with van der Waals surface area (Å²) in [5.74, 6) is -0.799. The number of cyclic esters (lactones) is 1. The Hall–Kier alpha value is -4.11. The van der Waals surface area contributed by atoms with Crippen molar-refractivity contribution in [2.45, 2.75) is 18.6 Å². The summed E-state index contributed by atoms with van der Waals surface area (Å²) >= 11 is 0. The lowest BCUT2D eigenvalue weighted by Gasteiger charge is -2.24. The molecule has 3 aromatic rings. The fourth-order valence-corrected chi connectivity index (χ4v) is 3.79. The summed E-state index contributed by atoms with van der Waals surface area (Å²) in [7, 11) is 0. The Morgan fingerprint density at radius 2 is 1.69 bits per heavy atom. The number of rotatable bonds is 7. The topological polar surface area (TPSA) is 60.2 Å². The van der Waals surface area contributed by atoms with E-state index in [2.05, 4.69) is 4.85 Å². The van der Waals surface area contributed by atoms with E-state index in [1.54, 1.807) is 18.2 Å². The number of hydrogen-bond donors (Lipinski definition) is 0. The fraction of sp³-hybridized carbons (Fsp3) is 0.192. The van der Waals surface area contributed by atoms with Gasteiger partial charge in [0, 0.05) is 5.56 Å². The van der Waals surface area contributed by atoms with E-state index in [1.165, 1.54) is 0 Å². The SMILES string of the molecule is [C-]#[N+]C[C@@H](C(=O)N1C(=O)OC[C@H]1c1ccccc1)c1ccccc1OCc1ccccc1. The van der Waals surface area contributed by atoms with Gasteiger partial charge in [0.25, 0.3) is 0 Å². The molecule has 1 heterocycles. The fourth-order valence-electron chi connectivity index (χ4n) is 3.79. The van der Waals surface area contributed by atoms with Crippen LogP contribution in [0, 0.1) is 6.57 Å². The third-order valence-electron chi connectivity index (χ3n) is 5.40. The normalized spacial score (nSPS) is 16.2. The van der Waals surface area contributed by atoms with E-state index in [1.807, 2.05) is 66.7 Å². The summed E-state index contributed by atoms with van der Waals surface area (Å²) < 4.78 is 11.2. The Morgan fingerprint density at radius 1 is 1.03 bits per heavy atom. The maximum atomic E-state index is 13.6. The summed E-state index contributed by atoms with van der Waals surface area (Å²) in [6.07, 6.45) is -0.693. The maximum Gasteiger partial charge on any atom is 0.417 e. The number of imide groups is 1. The van der Waals surface area contributed by atoms with Crippen LogP contribution in [0.3, 0.4) is 0 Å². The predicted octanol–water partition coefficient (Wildman–Crippen LogP) is 4.99. The van der Waals surface area contributed by atoms with E-state index >= 15 is 0 Å². The predicted molar refractivity (Wildman–Crippen MR) is 119 cm³/mol. The molecule has 0 bridgehead atoms. The molecule has 0 saturated carbocycles. The van der Waals surface area contributed by atoms with Crippen molar-refractivity contribution in [1.82, 2.24) is 4.90 Å². The molecule has 1 aliphatic rings. The molecule has 0 unspecified atom stereocenters. The van der Waals surface area contributed by atoms with Gasteiger partial charge in [-0.25, -0.2) is 16.3 Å².